The summed E-state index contributed by atoms with van der Waals surface area (Å²) in [6.07, 6.45) is 4.04. The van der Waals surface area contributed by atoms with Crippen molar-refractivity contribution in [2.45, 2.75) is 20.8 Å². The van der Waals surface area contributed by atoms with Crippen LogP contribution in [-0.4, -0.2) is 21.9 Å². The molecule has 0 aliphatic carbocycles. The van der Waals surface area contributed by atoms with Crippen molar-refractivity contribution >= 4 is 11.8 Å². The van der Waals surface area contributed by atoms with Gasteiger partial charge in [-0.2, -0.15) is 0 Å². The second kappa shape index (κ2) is 5.72. The van der Waals surface area contributed by atoms with E-state index in [2.05, 4.69) is 41.7 Å². The molecule has 2 aromatic rings. The van der Waals surface area contributed by atoms with E-state index >= 15 is 0 Å². The number of aliphatic imine (C=N–C) groups is 1. The summed E-state index contributed by atoms with van der Waals surface area (Å²) in [5.74, 6) is 0.823. The van der Waals surface area contributed by atoms with Crippen LogP contribution in [0.2, 0.25) is 0 Å². The molecule has 0 amide bonds. The zero-order valence-electron chi connectivity index (χ0n) is 13.5. The van der Waals surface area contributed by atoms with Crippen LogP contribution >= 0.6 is 0 Å². The quantitative estimate of drug-likeness (QED) is 0.917. The third-order valence-corrected chi connectivity index (χ3v) is 3.84. The van der Waals surface area contributed by atoms with Gasteiger partial charge in [-0.15, -0.1) is 0 Å². The molecule has 3 heterocycles. The molecule has 0 radical (unpaired) electrons. The molecule has 0 aromatic carbocycles. The van der Waals surface area contributed by atoms with Gasteiger partial charge in [-0.1, -0.05) is 0 Å². The van der Waals surface area contributed by atoms with E-state index in [0.29, 0.717) is 6.61 Å². The molecule has 0 fully saturated rings. The van der Waals surface area contributed by atoms with E-state index in [1.54, 1.807) is 0 Å². The van der Waals surface area contributed by atoms with E-state index in [-0.39, 0.29) is 0 Å². The molecular formula is C18H21N3O. The van der Waals surface area contributed by atoms with E-state index < -0.39 is 0 Å². The molecule has 0 unspecified atom stereocenters. The Kier molecular flexibility index (Phi) is 3.75. The summed E-state index contributed by atoms with van der Waals surface area (Å²) in [7, 11) is 2.05. The molecular weight excluding hydrogens is 274 g/mol. The number of aryl methyl sites for hydroxylation is 2. The molecule has 4 heteroatoms. The van der Waals surface area contributed by atoms with Crippen LogP contribution in [0, 0.1) is 13.8 Å². The Hall–Kier alpha value is -2.49. The molecule has 0 spiro atoms. The largest absolute Gasteiger partial charge is 0.492 e. The fourth-order valence-electron chi connectivity index (χ4n) is 2.55. The zero-order chi connectivity index (χ0) is 15.7. The van der Waals surface area contributed by atoms with Gasteiger partial charge < -0.3 is 14.3 Å². The smallest absolute Gasteiger partial charge is 0.147 e. The van der Waals surface area contributed by atoms with Gasteiger partial charge >= 0.3 is 0 Å². The molecule has 1 N–H and O–H groups in total. The van der Waals surface area contributed by atoms with Crippen LogP contribution in [-0.2, 0) is 11.8 Å². The van der Waals surface area contributed by atoms with Gasteiger partial charge in [0.1, 0.15) is 11.5 Å². The lowest BCUT2D eigenvalue weighted by Crippen LogP contribution is -2.03. The Balaban J connectivity index is 2.00. The highest BCUT2D eigenvalue weighted by Gasteiger charge is 2.19. The second-order valence-electron chi connectivity index (χ2n) is 5.48. The molecule has 0 saturated carbocycles. The molecule has 0 bridgehead atoms. The van der Waals surface area contributed by atoms with E-state index in [1.165, 1.54) is 5.69 Å². The third-order valence-electron chi connectivity index (χ3n) is 3.84. The van der Waals surface area contributed by atoms with Crippen molar-refractivity contribution in [2.75, 3.05) is 6.61 Å². The Morgan fingerprint density at radius 3 is 2.64 bits per heavy atom. The van der Waals surface area contributed by atoms with Crippen molar-refractivity contribution in [3.05, 3.63) is 64.6 Å². The highest BCUT2D eigenvalue weighted by atomic mass is 16.5. The highest BCUT2D eigenvalue weighted by molar-refractivity contribution is 6.11. The summed E-state index contributed by atoms with van der Waals surface area (Å²) in [6, 6.07) is 8.29. The minimum absolute atomic E-state index is 0.627. The molecule has 4 nitrogen and oxygen atoms in total. The zero-order valence-corrected chi connectivity index (χ0v) is 13.5. The fourth-order valence-corrected chi connectivity index (χ4v) is 2.55. The summed E-state index contributed by atoms with van der Waals surface area (Å²) < 4.78 is 7.89. The first-order chi connectivity index (χ1) is 10.6. The van der Waals surface area contributed by atoms with E-state index in [1.807, 2.05) is 32.1 Å². The van der Waals surface area contributed by atoms with Crippen LogP contribution in [0.1, 0.15) is 29.7 Å². The molecule has 0 saturated heterocycles. The van der Waals surface area contributed by atoms with Gasteiger partial charge in [0, 0.05) is 30.2 Å². The summed E-state index contributed by atoms with van der Waals surface area (Å²) >= 11 is 0. The van der Waals surface area contributed by atoms with Crippen LogP contribution in [0.5, 0.6) is 0 Å². The van der Waals surface area contributed by atoms with Gasteiger partial charge in [0.15, 0.2) is 0 Å². The lowest BCUT2D eigenvalue weighted by molar-refractivity contribution is 0.239. The predicted molar refractivity (Wildman–Crippen MR) is 89.9 cm³/mol. The first kappa shape index (κ1) is 14.4. The number of hydrogen-bond acceptors (Lipinski definition) is 2. The van der Waals surface area contributed by atoms with E-state index in [4.69, 9.17) is 9.73 Å². The number of aromatic amines is 1. The first-order valence-electron chi connectivity index (χ1n) is 7.52. The SMILES string of the molecule is CCOC1=CC(c2ccc(C)n2C)=NC1=Cc1ccc(C)[nH]1. The summed E-state index contributed by atoms with van der Waals surface area (Å²) in [4.78, 5) is 8.06. The molecule has 114 valence electrons. The predicted octanol–water partition coefficient (Wildman–Crippen LogP) is 3.73. The monoisotopic (exact) mass is 295 g/mol. The van der Waals surface area contributed by atoms with Gasteiger partial charge in [-0.3, -0.25) is 0 Å². The number of nitrogens with one attached hydrogen (secondary N) is 1. The molecule has 22 heavy (non-hydrogen) atoms. The fraction of sp³-hybridized carbons (Fsp3) is 0.278. The topological polar surface area (TPSA) is 42.3 Å². The van der Waals surface area contributed by atoms with E-state index in [9.17, 15) is 0 Å². The maximum absolute atomic E-state index is 5.75. The van der Waals surface area contributed by atoms with Crippen molar-refractivity contribution in [3.8, 4) is 0 Å². The van der Waals surface area contributed by atoms with Gasteiger partial charge in [0.05, 0.1) is 18.0 Å². The summed E-state index contributed by atoms with van der Waals surface area (Å²) in [6.45, 7) is 6.74. The minimum atomic E-state index is 0.627. The van der Waals surface area contributed by atoms with Gasteiger partial charge in [0.25, 0.3) is 0 Å². The first-order valence-corrected chi connectivity index (χ1v) is 7.52. The number of nitrogens with zero attached hydrogens (tertiary/aromatic N) is 2. The molecule has 3 rings (SSSR count). The highest BCUT2D eigenvalue weighted by Crippen LogP contribution is 2.26. The lowest BCUT2D eigenvalue weighted by atomic mass is 10.2. The maximum atomic E-state index is 5.75. The average Bonchev–Trinajstić information content (AvgIpc) is 3.15. The van der Waals surface area contributed by atoms with Crippen molar-refractivity contribution in [2.24, 2.45) is 12.0 Å². The van der Waals surface area contributed by atoms with Crippen molar-refractivity contribution < 1.29 is 4.74 Å². The Morgan fingerprint density at radius 2 is 2.05 bits per heavy atom. The van der Waals surface area contributed by atoms with E-state index in [0.717, 1.165) is 34.2 Å². The van der Waals surface area contributed by atoms with Crippen LogP contribution in [0.4, 0.5) is 0 Å². The number of ether oxygens (including phenoxy) is 1. The van der Waals surface area contributed by atoms with Gasteiger partial charge in [-0.05, 0) is 51.1 Å². The third kappa shape index (κ3) is 2.64. The summed E-state index contributed by atoms with van der Waals surface area (Å²) in [5, 5.41) is 0. The van der Waals surface area contributed by atoms with Gasteiger partial charge in [0.2, 0.25) is 0 Å². The molecule has 1 aliphatic heterocycles. The Morgan fingerprint density at radius 1 is 1.23 bits per heavy atom. The standard InChI is InChI=1S/C18H21N3O/c1-5-22-18-11-15(17-9-7-13(3)21(17)4)20-16(18)10-14-8-6-12(2)19-14/h6-11,19H,5H2,1-4H3. The number of rotatable bonds is 4. The molecule has 2 aromatic heterocycles. The normalized spacial score (nSPS) is 16.1. The van der Waals surface area contributed by atoms with Crippen molar-refractivity contribution in [1.29, 1.82) is 0 Å². The minimum Gasteiger partial charge on any atom is -0.492 e. The lowest BCUT2D eigenvalue weighted by Gasteiger charge is -2.03. The van der Waals surface area contributed by atoms with Crippen LogP contribution < -0.4 is 0 Å². The van der Waals surface area contributed by atoms with Crippen LogP contribution in [0.3, 0.4) is 0 Å². The van der Waals surface area contributed by atoms with Gasteiger partial charge in [-0.25, -0.2) is 4.99 Å². The molecule has 1 aliphatic rings. The maximum Gasteiger partial charge on any atom is 0.147 e. The number of aromatic nitrogens is 2. The Bertz CT molecular complexity index is 787. The average molecular weight is 295 g/mol. The second-order valence-corrected chi connectivity index (χ2v) is 5.48. The van der Waals surface area contributed by atoms with Crippen molar-refractivity contribution in [1.82, 2.24) is 9.55 Å². The van der Waals surface area contributed by atoms with Crippen LogP contribution in [0.25, 0.3) is 6.08 Å². The molecule has 0 atom stereocenters. The van der Waals surface area contributed by atoms with Crippen LogP contribution in [0.15, 0.2) is 46.8 Å². The number of allylic oxidation sites excluding steroid dienone is 1. The Labute approximate surface area is 130 Å². The van der Waals surface area contributed by atoms with Crippen molar-refractivity contribution in [3.63, 3.8) is 0 Å². The number of hydrogen-bond donors (Lipinski definition) is 1. The number of H-pyrrole nitrogens is 1. The summed E-state index contributed by atoms with van der Waals surface area (Å²) in [5.41, 5.74) is 6.27.